The van der Waals surface area contributed by atoms with Gasteiger partial charge in [-0.15, -0.1) is 5.10 Å². The van der Waals surface area contributed by atoms with Gasteiger partial charge in [0.25, 0.3) is 5.88 Å². The zero-order valence-electron chi connectivity index (χ0n) is 17.4. The van der Waals surface area contributed by atoms with E-state index < -0.39 is 0 Å². The molecule has 4 heterocycles. The minimum Gasteiger partial charge on any atom is -0.475 e. The highest BCUT2D eigenvalue weighted by atomic mass is 16.5. The third kappa shape index (κ3) is 4.34. The number of ether oxygens (including phenoxy) is 2. The molecule has 1 saturated carbocycles. The van der Waals surface area contributed by atoms with E-state index in [1.807, 2.05) is 25.6 Å². The molecule has 2 bridgehead atoms. The molecular weight excluding hydrogens is 370 g/mol. The number of rotatable bonds is 1. The van der Waals surface area contributed by atoms with Crippen LogP contribution in [0.5, 0.6) is 5.88 Å². The average Bonchev–Trinajstić information content (AvgIpc) is 3.25. The van der Waals surface area contributed by atoms with Crippen molar-refractivity contribution >= 4 is 22.7 Å². The Hall–Kier alpha value is -2.68. The lowest BCUT2D eigenvalue weighted by molar-refractivity contribution is 0.0710. The summed E-state index contributed by atoms with van der Waals surface area (Å²) in [4.78, 5) is 8.93. The molecule has 1 fully saturated rings. The van der Waals surface area contributed by atoms with Crippen LogP contribution < -0.4 is 10.1 Å². The number of aryl methyl sites for hydroxylation is 3. The summed E-state index contributed by atoms with van der Waals surface area (Å²) in [5, 5.41) is 15.7. The van der Waals surface area contributed by atoms with E-state index in [1.54, 1.807) is 6.20 Å². The van der Waals surface area contributed by atoms with Gasteiger partial charge in [0, 0.05) is 26.3 Å². The van der Waals surface area contributed by atoms with Crippen LogP contribution in [-0.4, -0.2) is 49.8 Å². The Kier molecular flexibility index (Phi) is 5.94. The number of fused-ring (bicyclic) bond motifs is 2. The molecule has 0 unspecified atom stereocenters. The number of hydrogen-bond acceptors (Lipinski definition) is 7. The Morgan fingerprint density at radius 3 is 2.76 bits per heavy atom. The number of anilines is 2. The highest BCUT2D eigenvalue weighted by Crippen LogP contribution is 2.29. The molecule has 156 valence electrons. The summed E-state index contributed by atoms with van der Waals surface area (Å²) >= 11 is 0. The molecule has 0 radical (unpaired) electrons. The SMILES string of the molecule is COC1CCCCC1.Cc1[nH]nc2c1Nc1ncc3c(C)nn(c3n1)CCCO2. The second-order valence-electron chi connectivity index (χ2n) is 7.59. The first-order chi connectivity index (χ1) is 14.2. The van der Waals surface area contributed by atoms with Crippen molar-refractivity contribution in [1.82, 2.24) is 29.9 Å². The monoisotopic (exact) mass is 399 g/mol. The van der Waals surface area contributed by atoms with Crippen LogP contribution in [0.25, 0.3) is 11.0 Å². The van der Waals surface area contributed by atoms with Gasteiger partial charge in [0.15, 0.2) is 5.65 Å². The van der Waals surface area contributed by atoms with Gasteiger partial charge >= 0.3 is 0 Å². The molecule has 0 amide bonds. The van der Waals surface area contributed by atoms with Crippen molar-refractivity contribution in [3.8, 4) is 5.88 Å². The summed E-state index contributed by atoms with van der Waals surface area (Å²) in [6, 6.07) is 0. The standard InChI is InChI=1S/C13H15N7O.C7H14O/c1-7-9-6-14-13-15-10-8(2)17-18-12(10)21-5-3-4-20(19-7)11(9)16-13;1-8-7-5-3-2-4-6-7/h6H,3-5H2,1-2H3,(H,17,18)(H,14,15,16);7H,2-6H2,1H3. The third-order valence-electron chi connectivity index (χ3n) is 5.46. The van der Waals surface area contributed by atoms with Crippen LogP contribution >= 0.6 is 0 Å². The largest absolute Gasteiger partial charge is 0.475 e. The number of methoxy groups -OCH3 is 1. The summed E-state index contributed by atoms with van der Waals surface area (Å²) in [5.41, 5.74) is 3.45. The summed E-state index contributed by atoms with van der Waals surface area (Å²) in [6.07, 6.45) is 9.96. The van der Waals surface area contributed by atoms with E-state index in [1.165, 1.54) is 32.1 Å². The molecular formula is C20H29N7O2. The van der Waals surface area contributed by atoms with E-state index in [2.05, 4.69) is 30.6 Å². The average molecular weight is 399 g/mol. The lowest BCUT2D eigenvalue weighted by Crippen LogP contribution is -2.13. The van der Waals surface area contributed by atoms with Gasteiger partial charge in [-0.05, 0) is 26.7 Å². The van der Waals surface area contributed by atoms with Crippen LogP contribution in [0.4, 0.5) is 11.6 Å². The lowest BCUT2D eigenvalue weighted by atomic mass is 9.98. The molecule has 29 heavy (non-hydrogen) atoms. The van der Waals surface area contributed by atoms with Crippen molar-refractivity contribution in [3.05, 3.63) is 17.6 Å². The molecule has 0 saturated heterocycles. The zero-order valence-corrected chi connectivity index (χ0v) is 17.4. The third-order valence-corrected chi connectivity index (χ3v) is 5.46. The van der Waals surface area contributed by atoms with Crippen molar-refractivity contribution in [1.29, 1.82) is 0 Å². The number of H-pyrrole nitrogens is 1. The van der Waals surface area contributed by atoms with Gasteiger partial charge < -0.3 is 14.8 Å². The minimum atomic E-state index is 0.514. The quantitative estimate of drug-likeness (QED) is 0.644. The van der Waals surface area contributed by atoms with Crippen molar-refractivity contribution in [2.75, 3.05) is 19.0 Å². The molecule has 5 rings (SSSR count). The van der Waals surface area contributed by atoms with Crippen molar-refractivity contribution in [3.63, 3.8) is 0 Å². The van der Waals surface area contributed by atoms with Gasteiger partial charge in [0.05, 0.1) is 29.5 Å². The van der Waals surface area contributed by atoms with Crippen LogP contribution in [0.3, 0.4) is 0 Å². The molecule has 2 aliphatic rings. The second kappa shape index (κ2) is 8.77. The van der Waals surface area contributed by atoms with Gasteiger partial charge in [-0.1, -0.05) is 19.3 Å². The normalized spacial score (nSPS) is 16.9. The fourth-order valence-corrected chi connectivity index (χ4v) is 3.78. The smallest absolute Gasteiger partial charge is 0.256 e. The van der Waals surface area contributed by atoms with Crippen LogP contribution in [0.2, 0.25) is 0 Å². The predicted octanol–water partition coefficient (Wildman–Crippen LogP) is 3.66. The summed E-state index contributed by atoms with van der Waals surface area (Å²) < 4.78 is 12.8. The van der Waals surface area contributed by atoms with Crippen molar-refractivity contribution in [2.45, 2.75) is 65.0 Å². The van der Waals surface area contributed by atoms with E-state index in [9.17, 15) is 0 Å². The minimum absolute atomic E-state index is 0.514. The molecule has 2 N–H and O–H groups in total. The molecule has 1 aliphatic carbocycles. The Bertz CT molecular complexity index is 959. The molecule has 1 aliphatic heterocycles. The van der Waals surface area contributed by atoms with Gasteiger partial charge in [0.2, 0.25) is 5.95 Å². The lowest BCUT2D eigenvalue weighted by Gasteiger charge is -2.19. The maximum absolute atomic E-state index is 5.72. The van der Waals surface area contributed by atoms with Crippen molar-refractivity contribution in [2.24, 2.45) is 0 Å². The maximum atomic E-state index is 5.72. The zero-order chi connectivity index (χ0) is 20.2. The van der Waals surface area contributed by atoms with Crippen LogP contribution in [0.1, 0.15) is 49.9 Å². The van der Waals surface area contributed by atoms with Crippen LogP contribution in [0.15, 0.2) is 6.20 Å². The van der Waals surface area contributed by atoms with Gasteiger partial charge in [0.1, 0.15) is 5.69 Å². The fraction of sp³-hybridized carbons (Fsp3) is 0.600. The molecule has 9 nitrogen and oxygen atoms in total. The molecule has 3 aromatic heterocycles. The summed E-state index contributed by atoms with van der Waals surface area (Å²) in [5.74, 6) is 1.06. The molecule has 9 heteroatoms. The molecule has 0 atom stereocenters. The molecule has 0 aromatic carbocycles. The Morgan fingerprint density at radius 2 is 2.00 bits per heavy atom. The molecule has 0 spiro atoms. The number of nitrogens with one attached hydrogen (secondary N) is 2. The first-order valence-electron chi connectivity index (χ1n) is 10.3. The first kappa shape index (κ1) is 19.6. The van der Waals surface area contributed by atoms with Crippen LogP contribution in [-0.2, 0) is 11.3 Å². The van der Waals surface area contributed by atoms with Gasteiger partial charge in [-0.25, -0.2) is 9.67 Å². The van der Waals surface area contributed by atoms with E-state index in [-0.39, 0.29) is 0 Å². The number of aromatic nitrogens is 6. The second-order valence-corrected chi connectivity index (χ2v) is 7.59. The van der Waals surface area contributed by atoms with Crippen LogP contribution in [0, 0.1) is 13.8 Å². The van der Waals surface area contributed by atoms with E-state index in [0.717, 1.165) is 41.1 Å². The number of hydrogen-bond donors (Lipinski definition) is 2. The summed E-state index contributed by atoms with van der Waals surface area (Å²) in [6.45, 7) is 5.22. The Morgan fingerprint density at radius 1 is 1.17 bits per heavy atom. The highest BCUT2D eigenvalue weighted by molar-refractivity contribution is 5.79. The molecule has 3 aromatic rings. The van der Waals surface area contributed by atoms with Crippen molar-refractivity contribution < 1.29 is 9.47 Å². The first-order valence-corrected chi connectivity index (χ1v) is 10.3. The van der Waals surface area contributed by atoms with Gasteiger partial charge in [-0.3, -0.25) is 5.10 Å². The predicted molar refractivity (Wildman–Crippen MR) is 111 cm³/mol. The van der Waals surface area contributed by atoms with E-state index in [4.69, 9.17) is 9.47 Å². The number of nitrogens with zero attached hydrogens (tertiary/aromatic N) is 5. The maximum Gasteiger partial charge on any atom is 0.256 e. The fourth-order valence-electron chi connectivity index (χ4n) is 3.78. The van der Waals surface area contributed by atoms with E-state index in [0.29, 0.717) is 24.5 Å². The van der Waals surface area contributed by atoms with E-state index >= 15 is 0 Å². The Labute approximate surface area is 170 Å². The number of aromatic amines is 1. The van der Waals surface area contributed by atoms with Gasteiger partial charge in [-0.2, -0.15) is 10.1 Å². The topological polar surface area (TPSA) is 103 Å². The summed E-state index contributed by atoms with van der Waals surface area (Å²) in [7, 11) is 1.82. The Balaban J connectivity index is 0.000000216. The highest BCUT2D eigenvalue weighted by Gasteiger charge is 2.17.